The summed E-state index contributed by atoms with van der Waals surface area (Å²) in [4.78, 5) is 14.4. The van der Waals surface area contributed by atoms with Gasteiger partial charge in [-0.2, -0.15) is 13.8 Å². The molecule has 0 aliphatic carbocycles. The van der Waals surface area contributed by atoms with Crippen LogP contribution >= 0.6 is 11.7 Å². The maximum absolute atomic E-state index is 12.6. The average molecular weight is 329 g/mol. The summed E-state index contributed by atoms with van der Waals surface area (Å²) in [5.41, 5.74) is 4.39. The fourth-order valence-corrected chi connectivity index (χ4v) is 3.09. The molecule has 0 aliphatic rings. The van der Waals surface area contributed by atoms with Gasteiger partial charge in [-0.15, -0.1) is 0 Å². The van der Waals surface area contributed by atoms with Crippen LogP contribution in [0.4, 0.5) is 0 Å². The molecule has 2 heterocycles. The summed E-state index contributed by atoms with van der Waals surface area (Å²) in [5.74, 6) is -0.0126. The summed E-state index contributed by atoms with van der Waals surface area (Å²) in [6, 6.07) is 5.91. The molecule has 0 aliphatic heterocycles. The number of nitrogens with zero attached hydrogens (tertiary/aromatic N) is 5. The van der Waals surface area contributed by atoms with Gasteiger partial charge in [-0.3, -0.25) is 9.48 Å². The van der Waals surface area contributed by atoms with E-state index < -0.39 is 0 Å². The number of rotatable bonds is 5. The molecule has 0 fully saturated rings. The van der Waals surface area contributed by atoms with Crippen LogP contribution in [0, 0.1) is 6.92 Å². The Labute approximate surface area is 139 Å². The minimum Gasteiger partial charge on any atom is -0.337 e. The molecule has 6 nitrogen and oxygen atoms in total. The van der Waals surface area contributed by atoms with E-state index >= 15 is 0 Å². The molecule has 0 N–H and O–H groups in total. The fourth-order valence-electron chi connectivity index (χ4n) is 2.57. The average Bonchev–Trinajstić information content (AvgIpc) is 3.14. The SMILES string of the molecule is CCCn1ncc(C(=O)N(C)Cc2ccc3nsnc3c2)c1C. The van der Waals surface area contributed by atoms with E-state index in [0.717, 1.165) is 35.3 Å². The molecule has 0 bridgehead atoms. The van der Waals surface area contributed by atoms with Gasteiger partial charge in [0.15, 0.2) is 0 Å². The maximum atomic E-state index is 12.6. The lowest BCUT2D eigenvalue weighted by Gasteiger charge is -2.17. The first-order valence-corrected chi connectivity index (χ1v) is 8.32. The molecule has 0 atom stereocenters. The third-order valence-electron chi connectivity index (χ3n) is 3.85. The van der Waals surface area contributed by atoms with Crippen LogP contribution in [-0.2, 0) is 13.1 Å². The normalized spacial score (nSPS) is 11.1. The Morgan fingerprint density at radius 2 is 2.09 bits per heavy atom. The summed E-state index contributed by atoms with van der Waals surface area (Å²) >= 11 is 1.20. The van der Waals surface area contributed by atoms with Crippen LogP contribution in [-0.4, -0.2) is 36.4 Å². The van der Waals surface area contributed by atoms with Gasteiger partial charge in [0.2, 0.25) is 0 Å². The zero-order valence-electron chi connectivity index (χ0n) is 13.5. The summed E-state index contributed by atoms with van der Waals surface area (Å²) in [6.07, 6.45) is 2.66. The minimum atomic E-state index is -0.0126. The van der Waals surface area contributed by atoms with Crippen LogP contribution in [0.2, 0.25) is 0 Å². The maximum Gasteiger partial charge on any atom is 0.257 e. The van der Waals surface area contributed by atoms with Crippen molar-refractivity contribution in [1.29, 1.82) is 0 Å². The Balaban J connectivity index is 1.76. The molecule has 23 heavy (non-hydrogen) atoms. The number of aryl methyl sites for hydroxylation is 1. The first-order chi connectivity index (χ1) is 11.1. The Morgan fingerprint density at radius 1 is 1.30 bits per heavy atom. The van der Waals surface area contributed by atoms with Crippen LogP contribution in [0.3, 0.4) is 0 Å². The van der Waals surface area contributed by atoms with E-state index in [1.54, 1.807) is 11.1 Å². The van der Waals surface area contributed by atoms with Crippen LogP contribution in [0.15, 0.2) is 24.4 Å². The van der Waals surface area contributed by atoms with Gasteiger partial charge < -0.3 is 4.90 Å². The zero-order chi connectivity index (χ0) is 16.4. The number of carbonyl (C=O) groups is 1. The summed E-state index contributed by atoms with van der Waals surface area (Å²) in [7, 11) is 1.81. The van der Waals surface area contributed by atoms with Crippen LogP contribution < -0.4 is 0 Å². The van der Waals surface area contributed by atoms with E-state index in [-0.39, 0.29) is 5.91 Å². The van der Waals surface area contributed by atoms with Crippen LogP contribution in [0.25, 0.3) is 11.0 Å². The summed E-state index contributed by atoms with van der Waals surface area (Å²) < 4.78 is 10.3. The highest BCUT2D eigenvalue weighted by molar-refractivity contribution is 7.00. The molecule has 120 valence electrons. The molecule has 1 aromatic carbocycles. The van der Waals surface area contributed by atoms with Crippen molar-refractivity contribution in [1.82, 2.24) is 23.4 Å². The van der Waals surface area contributed by atoms with Crippen molar-refractivity contribution in [2.75, 3.05) is 7.05 Å². The van der Waals surface area contributed by atoms with Crippen LogP contribution in [0.5, 0.6) is 0 Å². The van der Waals surface area contributed by atoms with E-state index in [1.165, 1.54) is 11.7 Å². The minimum absolute atomic E-state index is 0.0126. The van der Waals surface area contributed by atoms with Gasteiger partial charge in [0.25, 0.3) is 5.91 Å². The van der Waals surface area contributed by atoms with Crippen molar-refractivity contribution < 1.29 is 4.79 Å². The zero-order valence-corrected chi connectivity index (χ0v) is 14.3. The lowest BCUT2D eigenvalue weighted by molar-refractivity contribution is 0.0784. The first-order valence-electron chi connectivity index (χ1n) is 7.59. The molecule has 0 unspecified atom stereocenters. The second-order valence-corrected chi connectivity index (χ2v) is 6.14. The van der Waals surface area contributed by atoms with Crippen molar-refractivity contribution in [3.05, 3.63) is 41.2 Å². The highest BCUT2D eigenvalue weighted by Crippen LogP contribution is 2.16. The lowest BCUT2D eigenvalue weighted by atomic mass is 10.1. The van der Waals surface area contributed by atoms with Crippen molar-refractivity contribution in [2.45, 2.75) is 33.4 Å². The summed E-state index contributed by atoms with van der Waals surface area (Å²) in [5, 5.41) is 4.30. The monoisotopic (exact) mass is 329 g/mol. The van der Waals surface area contributed by atoms with Gasteiger partial charge in [-0.25, -0.2) is 0 Å². The molecule has 0 saturated heterocycles. The van der Waals surface area contributed by atoms with E-state index in [9.17, 15) is 4.79 Å². The number of aromatic nitrogens is 4. The summed E-state index contributed by atoms with van der Waals surface area (Å²) in [6.45, 7) is 5.40. The topological polar surface area (TPSA) is 63.9 Å². The second kappa shape index (κ2) is 6.45. The number of hydrogen-bond acceptors (Lipinski definition) is 5. The van der Waals surface area contributed by atoms with E-state index in [4.69, 9.17) is 0 Å². The smallest absolute Gasteiger partial charge is 0.257 e. The highest BCUT2D eigenvalue weighted by atomic mass is 32.1. The predicted molar refractivity (Wildman–Crippen MR) is 90.5 cm³/mol. The fraction of sp³-hybridized carbons (Fsp3) is 0.375. The van der Waals surface area contributed by atoms with E-state index in [2.05, 4.69) is 20.8 Å². The van der Waals surface area contributed by atoms with Gasteiger partial charge in [-0.05, 0) is 31.0 Å². The van der Waals surface area contributed by atoms with Gasteiger partial charge in [0.05, 0.1) is 23.5 Å². The highest BCUT2D eigenvalue weighted by Gasteiger charge is 2.18. The molecular weight excluding hydrogens is 310 g/mol. The Morgan fingerprint density at radius 3 is 2.87 bits per heavy atom. The van der Waals surface area contributed by atoms with E-state index in [1.807, 2.05) is 36.9 Å². The third-order valence-corrected chi connectivity index (χ3v) is 4.41. The van der Waals surface area contributed by atoms with Gasteiger partial charge in [-0.1, -0.05) is 13.0 Å². The molecule has 0 saturated carbocycles. The van der Waals surface area contributed by atoms with Crippen molar-refractivity contribution in [3.63, 3.8) is 0 Å². The Kier molecular flexibility index (Phi) is 4.38. The van der Waals surface area contributed by atoms with Gasteiger partial charge in [0.1, 0.15) is 11.0 Å². The first kappa shape index (κ1) is 15.6. The Hall–Kier alpha value is -2.28. The van der Waals surface area contributed by atoms with Crippen LogP contribution in [0.1, 0.15) is 35.0 Å². The van der Waals surface area contributed by atoms with Gasteiger partial charge >= 0.3 is 0 Å². The number of carbonyl (C=O) groups excluding carboxylic acids is 1. The van der Waals surface area contributed by atoms with Crippen molar-refractivity contribution in [2.24, 2.45) is 0 Å². The standard InChI is InChI=1S/C16H19N5OS/c1-4-7-21-11(2)13(9-17-21)16(22)20(3)10-12-5-6-14-15(8-12)19-23-18-14/h5-6,8-9H,4,7,10H2,1-3H3. The number of hydrogen-bond donors (Lipinski definition) is 0. The molecule has 3 aromatic rings. The second-order valence-electron chi connectivity index (χ2n) is 5.62. The lowest BCUT2D eigenvalue weighted by Crippen LogP contribution is -2.26. The molecule has 2 aromatic heterocycles. The molecular formula is C16H19N5OS. The molecule has 0 spiro atoms. The molecule has 7 heteroatoms. The van der Waals surface area contributed by atoms with Crippen molar-refractivity contribution in [3.8, 4) is 0 Å². The number of benzene rings is 1. The van der Waals surface area contributed by atoms with E-state index in [0.29, 0.717) is 12.1 Å². The molecule has 3 rings (SSSR count). The van der Waals surface area contributed by atoms with Gasteiger partial charge in [0, 0.05) is 25.8 Å². The number of amides is 1. The largest absolute Gasteiger partial charge is 0.337 e. The van der Waals surface area contributed by atoms with Crippen molar-refractivity contribution >= 4 is 28.7 Å². The molecule has 1 amide bonds. The molecule has 0 radical (unpaired) electrons. The quantitative estimate of drug-likeness (QED) is 0.722. The Bertz CT molecular complexity index is 838. The predicted octanol–water partition coefficient (Wildman–Crippen LogP) is 2.88. The third kappa shape index (κ3) is 3.10. The number of fused-ring (bicyclic) bond motifs is 1.